The lowest BCUT2D eigenvalue weighted by Crippen LogP contribution is -2.38. The number of halogens is 1. The Kier molecular flexibility index (Phi) is 9.73. The summed E-state index contributed by atoms with van der Waals surface area (Å²) in [6.07, 6.45) is -0.607. The maximum Gasteiger partial charge on any atom is 0.226 e. The zero-order valence-corrected chi connectivity index (χ0v) is 21.0. The Balaban J connectivity index is 0.00000341. The van der Waals surface area contributed by atoms with Crippen molar-refractivity contribution in [1.82, 2.24) is 10.6 Å². The molecular weight excluding hydrogens is 523 g/mol. The summed E-state index contributed by atoms with van der Waals surface area (Å²) < 4.78 is 1.17. The molecule has 1 atom stereocenters. The van der Waals surface area contributed by atoms with Crippen molar-refractivity contribution >= 4 is 63.0 Å². The average molecular weight is 552 g/mol. The molecule has 0 fully saturated rings. The molecule has 1 aromatic heterocycles. The van der Waals surface area contributed by atoms with E-state index in [-0.39, 0.29) is 35.8 Å². The smallest absolute Gasteiger partial charge is 0.226 e. The lowest BCUT2D eigenvalue weighted by atomic mass is 10.1. The molecule has 0 spiro atoms. The maximum absolute atomic E-state index is 11.8. The largest absolute Gasteiger partial charge is 0.386 e. The van der Waals surface area contributed by atoms with Crippen LogP contribution < -0.4 is 16.0 Å². The number of guanidine groups is 1. The third-order valence-corrected chi connectivity index (χ3v) is 5.88. The van der Waals surface area contributed by atoms with Crippen molar-refractivity contribution in [2.75, 3.05) is 18.9 Å². The third-order valence-electron chi connectivity index (χ3n) is 4.67. The number of carbonyl (C=O) groups excluding carboxylic acids is 1. The number of amides is 1. The molecule has 2 aromatic carbocycles. The number of hydrogen-bond acceptors (Lipinski definition) is 4. The van der Waals surface area contributed by atoms with Crippen LogP contribution in [0.15, 0.2) is 59.6 Å². The number of hydrogen-bond donors (Lipinski definition) is 4. The zero-order chi connectivity index (χ0) is 21.5. The summed E-state index contributed by atoms with van der Waals surface area (Å²) in [5.74, 6) is 0.568. The second-order valence-corrected chi connectivity index (χ2v) is 8.47. The lowest BCUT2D eigenvalue weighted by Gasteiger charge is -2.15. The first-order valence-electron chi connectivity index (χ1n) is 9.97. The van der Waals surface area contributed by atoms with Crippen LogP contribution in [-0.4, -0.2) is 30.6 Å². The summed E-state index contributed by atoms with van der Waals surface area (Å²) in [5.41, 5.74) is 1.84. The highest BCUT2D eigenvalue weighted by molar-refractivity contribution is 14.0. The number of rotatable bonds is 7. The summed E-state index contributed by atoms with van der Waals surface area (Å²) in [5, 5.41) is 21.0. The summed E-state index contributed by atoms with van der Waals surface area (Å²) in [6, 6.07) is 17.8. The number of thiophene rings is 1. The van der Waals surface area contributed by atoms with E-state index in [1.165, 1.54) is 4.70 Å². The van der Waals surface area contributed by atoms with Crippen molar-refractivity contribution in [3.8, 4) is 0 Å². The molecular formula is C23H29IN4O2S. The number of aliphatic hydroxyl groups excluding tert-OH is 1. The number of fused-ring (bicyclic) bond motifs is 1. The molecule has 1 heterocycles. The predicted molar refractivity (Wildman–Crippen MR) is 140 cm³/mol. The van der Waals surface area contributed by atoms with Gasteiger partial charge in [-0.25, -0.2) is 0 Å². The second-order valence-electron chi connectivity index (χ2n) is 7.35. The standard InChI is InChI=1S/C23H28N4O2S.HI/c1-15(2)22(29)27-18-10-8-16(9-11-18)13-25-23(24-3)26-14-19(28)21-12-17-6-4-5-7-20(17)30-21;/h4-12,15,19,28H,13-14H2,1-3H3,(H,27,29)(H2,24,25,26);1H. The summed E-state index contributed by atoms with van der Waals surface area (Å²) >= 11 is 1.60. The van der Waals surface area contributed by atoms with Gasteiger partial charge in [-0.3, -0.25) is 9.79 Å². The van der Waals surface area contributed by atoms with E-state index in [1.807, 2.05) is 56.3 Å². The maximum atomic E-state index is 11.8. The highest BCUT2D eigenvalue weighted by atomic mass is 127. The van der Waals surface area contributed by atoms with E-state index in [1.54, 1.807) is 18.4 Å². The van der Waals surface area contributed by atoms with Crippen LogP contribution in [0.3, 0.4) is 0 Å². The Morgan fingerprint density at radius 1 is 1.10 bits per heavy atom. The van der Waals surface area contributed by atoms with Crippen molar-refractivity contribution in [3.05, 3.63) is 65.0 Å². The number of carbonyl (C=O) groups is 1. The summed E-state index contributed by atoms with van der Waals surface area (Å²) in [6.45, 7) is 4.68. The van der Waals surface area contributed by atoms with Gasteiger partial charge in [0.1, 0.15) is 6.10 Å². The molecule has 6 nitrogen and oxygen atoms in total. The minimum atomic E-state index is -0.607. The van der Waals surface area contributed by atoms with Gasteiger partial charge in [-0.2, -0.15) is 0 Å². The monoisotopic (exact) mass is 552 g/mol. The molecule has 0 aliphatic rings. The molecule has 1 amide bonds. The first kappa shape index (κ1) is 25.1. The summed E-state index contributed by atoms with van der Waals surface area (Å²) in [7, 11) is 1.70. The Labute approximate surface area is 204 Å². The van der Waals surface area contributed by atoms with E-state index in [0.29, 0.717) is 19.0 Å². The molecule has 3 rings (SSSR count). The van der Waals surface area contributed by atoms with E-state index < -0.39 is 6.10 Å². The molecule has 1 unspecified atom stereocenters. The van der Waals surface area contributed by atoms with E-state index >= 15 is 0 Å². The van der Waals surface area contributed by atoms with E-state index in [0.717, 1.165) is 21.5 Å². The minimum absolute atomic E-state index is 0. The van der Waals surface area contributed by atoms with E-state index in [9.17, 15) is 9.90 Å². The van der Waals surface area contributed by atoms with Crippen LogP contribution in [0.1, 0.15) is 30.4 Å². The molecule has 8 heteroatoms. The van der Waals surface area contributed by atoms with Crippen LogP contribution >= 0.6 is 35.3 Å². The number of aliphatic imine (C=N–C) groups is 1. The number of nitrogens with one attached hydrogen (secondary N) is 3. The van der Waals surface area contributed by atoms with Crippen LogP contribution in [0, 0.1) is 5.92 Å². The number of aliphatic hydroxyl groups is 1. The minimum Gasteiger partial charge on any atom is -0.386 e. The lowest BCUT2D eigenvalue weighted by molar-refractivity contribution is -0.118. The van der Waals surface area contributed by atoms with Crippen molar-refractivity contribution in [1.29, 1.82) is 0 Å². The Bertz CT molecular complexity index is 985. The number of nitrogens with zero attached hydrogens (tertiary/aromatic N) is 1. The van der Waals surface area contributed by atoms with Crippen molar-refractivity contribution < 1.29 is 9.90 Å². The predicted octanol–water partition coefficient (Wildman–Crippen LogP) is 4.51. The van der Waals surface area contributed by atoms with E-state index in [4.69, 9.17) is 0 Å². The SMILES string of the molecule is CN=C(NCc1ccc(NC(=O)C(C)C)cc1)NCC(O)c1cc2ccccc2s1.I. The van der Waals surface area contributed by atoms with Crippen LogP contribution in [0.25, 0.3) is 10.1 Å². The Morgan fingerprint density at radius 2 is 1.81 bits per heavy atom. The van der Waals surface area contributed by atoms with Crippen LogP contribution in [-0.2, 0) is 11.3 Å². The van der Waals surface area contributed by atoms with Gasteiger partial charge in [0.05, 0.1) is 0 Å². The highest BCUT2D eigenvalue weighted by Gasteiger charge is 2.12. The highest BCUT2D eigenvalue weighted by Crippen LogP contribution is 2.29. The van der Waals surface area contributed by atoms with Crippen LogP contribution in [0.4, 0.5) is 5.69 Å². The Hall–Kier alpha value is -2.17. The number of benzene rings is 2. The fourth-order valence-corrected chi connectivity index (χ4v) is 3.91. The topological polar surface area (TPSA) is 85.8 Å². The van der Waals surface area contributed by atoms with Gasteiger partial charge in [0.2, 0.25) is 5.91 Å². The van der Waals surface area contributed by atoms with Gasteiger partial charge in [-0.15, -0.1) is 35.3 Å². The van der Waals surface area contributed by atoms with Crippen LogP contribution in [0.2, 0.25) is 0 Å². The molecule has 3 aromatic rings. The van der Waals surface area contributed by atoms with Gasteiger partial charge in [-0.1, -0.05) is 44.2 Å². The summed E-state index contributed by atoms with van der Waals surface area (Å²) in [4.78, 5) is 16.9. The second kappa shape index (κ2) is 12.0. The Morgan fingerprint density at radius 3 is 2.45 bits per heavy atom. The van der Waals surface area contributed by atoms with Gasteiger partial charge < -0.3 is 21.1 Å². The van der Waals surface area contributed by atoms with Crippen molar-refractivity contribution in [3.63, 3.8) is 0 Å². The van der Waals surface area contributed by atoms with Gasteiger partial charge >= 0.3 is 0 Å². The van der Waals surface area contributed by atoms with Gasteiger partial charge in [0, 0.05) is 41.3 Å². The zero-order valence-electron chi connectivity index (χ0n) is 17.9. The molecule has 0 saturated carbocycles. The van der Waals surface area contributed by atoms with Gasteiger partial charge in [0.25, 0.3) is 0 Å². The average Bonchev–Trinajstić information content (AvgIpc) is 3.19. The molecule has 4 N–H and O–H groups in total. The molecule has 0 aliphatic heterocycles. The third kappa shape index (κ3) is 7.19. The van der Waals surface area contributed by atoms with Crippen LogP contribution in [0.5, 0.6) is 0 Å². The fourth-order valence-electron chi connectivity index (χ4n) is 2.86. The number of anilines is 1. The quantitative estimate of drug-likeness (QED) is 0.198. The molecule has 0 bridgehead atoms. The van der Waals surface area contributed by atoms with Crippen molar-refractivity contribution in [2.45, 2.75) is 26.5 Å². The fraction of sp³-hybridized carbons (Fsp3) is 0.304. The molecule has 31 heavy (non-hydrogen) atoms. The molecule has 166 valence electrons. The van der Waals surface area contributed by atoms with E-state index in [2.05, 4.69) is 33.1 Å². The molecule has 0 aliphatic carbocycles. The van der Waals surface area contributed by atoms with Crippen molar-refractivity contribution in [2.24, 2.45) is 10.9 Å². The van der Waals surface area contributed by atoms with Gasteiger partial charge in [0.15, 0.2) is 5.96 Å². The molecule has 0 saturated heterocycles. The normalized spacial score (nSPS) is 12.4. The van der Waals surface area contributed by atoms with Gasteiger partial charge in [-0.05, 0) is 35.2 Å². The molecule has 0 radical (unpaired) electrons. The first-order valence-corrected chi connectivity index (χ1v) is 10.8. The first-order chi connectivity index (χ1) is 14.5.